The fourth-order valence-electron chi connectivity index (χ4n) is 2.48. The number of aryl methyl sites for hydroxylation is 1. The Balaban J connectivity index is 2.53. The molecule has 2 nitrogen and oxygen atoms in total. The lowest BCUT2D eigenvalue weighted by Crippen LogP contribution is -2.09. The van der Waals surface area contributed by atoms with E-state index in [9.17, 15) is 9.90 Å². The molecule has 0 atom stereocenters. The summed E-state index contributed by atoms with van der Waals surface area (Å²) < 4.78 is 0. The van der Waals surface area contributed by atoms with E-state index < -0.39 is 5.97 Å². The Morgan fingerprint density at radius 3 is 2.53 bits per heavy atom. The van der Waals surface area contributed by atoms with Crippen LogP contribution >= 0.6 is 0 Å². The van der Waals surface area contributed by atoms with Gasteiger partial charge < -0.3 is 5.11 Å². The molecular formula is C15H20O2. The Labute approximate surface area is 103 Å². The first-order valence-electron chi connectivity index (χ1n) is 6.36. The highest BCUT2D eigenvalue weighted by Gasteiger charge is 2.31. The molecule has 1 aromatic carbocycles. The predicted octanol–water partition coefficient (Wildman–Crippen LogP) is 3.77. The fourth-order valence-corrected chi connectivity index (χ4v) is 2.48. The summed E-state index contributed by atoms with van der Waals surface area (Å²) in [6, 6.07) is 3.72. The van der Waals surface area contributed by atoms with Gasteiger partial charge in [0.2, 0.25) is 0 Å². The van der Waals surface area contributed by atoms with Crippen LogP contribution in [-0.2, 0) is 6.42 Å². The standard InChI is InChI=1S/C15H20O2/c1-9(2)8-13-10(3)4-7-12(15(16)17)14(13)11-5-6-11/h4,7,9,11H,5-6,8H2,1-3H3,(H,16,17). The SMILES string of the molecule is Cc1ccc(C(=O)O)c(C2CC2)c1CC(C)C. The molecule has 0 heterocycles. The molecule has 1 aromatic rings. The molecule has 1 fully saturated rings. The average molecular weight is 232 g/mol. The van der Waals surface area contributed by atoms with Crippen LogP contribution in [0, 0.1) is 12.8 Å². The lowest BCUT2D eigenvalue weighted by Gasteiger charge is -2.16. The third-order valence-electron chi connectivity index (χ3n) is 3.42. The first-order valence-corrected chi connectivity index (χ1v) is 6.36. The van der Waals surface area contributed by atoms with Gasteiger partial charge >= 0.3 is 5.97 Å². The summed E-state index contributed by atoms with van der Waals surface area (Å²) in [4.78, 5) is 11.3. The van der Waals surface area contributed by atoms with Gasteiger partial charge in [-0.05, 0) is 60.8 Å². The highest BCUT2D eigenvalue weighted by Crippen LogP contribution is 2.44. The van der Waals surface area contributed by atoms with Crippen LogP contribution < -0.4 is 0 Å². The third kappa shape index (κ3) is 2.51. The summed E-state index contributed by atoms with van der Waals surface area (Å²) in [6.07, 6.45) is 3.28. The molecule has 1 N–H and O–H groups in total. The molecule has 0 spiro atoms. The van der Waals surface area contributed by atoms with E-state index in [1.165, 1.54) is 11.1 Å². The van der Waals surface area contributed by atoms with Gasteiger partial charge in [-0.25, -0.2) is 4.79 Å². The van der Waals surface area contributed by atoms with Crippen molar-refractivity contribution in [1.29, 1.82) is 0 Å². The van der Waals surface area contributed by atoms with E-state index in [1.807, 2.05) is 6.07 Å². The molecule has 1 aliphatic carbocycles. The molecular weight excluding hydrogens is 212 g/mol. The van der Waals surface area contributed by atoms with Crippen molar-refractivity contribution in [3.8, 4) is 0 Å². The van der Waals surface area contributed by atoms with Crippen LogP contribution in [0.2, 0.25) is 0 Å². The van der Waals surface area contributed by atoms with E-state index in [-0.39, 0.29) is 0 Å². The molecule has 0 unspecified atom stereocenters. The summed E-state index contributed by atoms with van der Waals surface area (Å²) in [5, 5.41) is 9.29. The molecule has 92 valence electrons. The maximum atomic E-state index is 11.3. The molecule has 0 bridgehead atoms. The molecule has 0 amide bonds. The third-order valence-corrected chi connectivity index (χ3v) is 3.42. The minimum atomic E-state index is -0.781. The van der Waals surface area contributed by atoms with Crippen molar-refractivity contribution in [2.24, 2.45) is 5.92 Å². The molecule has 2 rings (SSSR count). The average Bonchev–Trinajstić information content (AvgIpc) is 3.03. The zero-order valence-electron chi connectivity index (χ0n) is 10.8. The quantitative estimate of drug-likeness (QED) is 0.858. The van der Waals surface area contributed by atoms with Gasteiger partial charge in [-0.15, -0.1) is 0 Å². The highest BCUT2D eigenvalue weighted by molar-refractivity contribution is 5.90. The summed E-state index contributed by atoms with van der Waals surface area (Å²) in [5.74, 6) is 0.280. The number of rotatable bonds is 4. The van der Waals surface area contributed by atoms with E-state index in [4.69, 9.17) is 0 Å². The Morgan fingerprint density at radius 1 is 1.41 bits per heavy atom. The van der Waals surface area contributed by atoms with Crippen molar-refractivity contribution in [1.82, 2.24) is 0 Å². The first-order chi connectivity index (χ1) is 8.00. The normalized spacial score (nSPS) is 15.3. The van der Waals surface area contributed by atoms with Crippen molar-refractivity contribution in [3.05, 3.63) is 34.4 Å². The van der Waals surface area contributed by atoms with Gasteiger partial charge in [0.1, 0.15) is 0 Å². The monoisotopic (exact) mass is 232 g/mol. The Morgan fingerprint density at radius 2 is 2.06 bits per heavy atom. The maximum Gasteiger partial charge on any atom is 0.335 e. The Bertz CT molecular complexity index is 442. The first kappa shape index (κ1) is 12.2. The van der Waals surface area contributed by atoms with Crippen LogP contribution in [0.4, 0.5) is 0 Å². The number of hydrogen-bond acceptors (Lipinski definition) is 1. The van der Waals surface area contributed by atoms with Crippen LogP contribution in [0.5, 0.6) is 0 Å². The summed E-state index contributed by atoms with van der Waals surface area (Å²) >= 11 is 0. The van der Waals surface area contributed by atoms with E-state index in [0.29, 0.717) is 17.4 Å². The number of aromatic carboxylic acids is 1. The number of carboxylic acids is 1. The fraction of sp³-hybridized carbons (Fsp3) is 0.533. The van der Waals surface area contributed by atoms with Crippen molar-refractivity contribution in [2.45, 2.75) is 46.0 Å². The van der Waals surface area contributed by atoms with Gasteiger partial charge in [0.05, 0.1) is 5.56 Å². The lowest BCUT2D eigenvalue weighted by molar-refractivity contribution is 0.0695. The molecule has 0 aliphatic heterocycles. The number of carbonyl (C=O) groups is 1. The topological polar surface area (TPSA) is 37.3 Å². The zero-order valence-corrected chi connectivity index (χ0v) is 10.8. The second-order valence-electron chi connectivity index (χ2n) is 5.50. The van der Waals surface area contributed by atoms with Crippen molar-refractivity contribution in [3.63, 3.8) is 0 Å². The smallest absolute Gasteiger partial charge is 0.335 e. The molecule has 1 aliphatic rings. The predicted molar refractivity (Wildman–Crippen MR) is 68.7 cm³/mol. The minimum absolute atomic E-state index is 0.495. The minimum Gasteiger partial charge on any atom is -0.478 e. The summed E-state index contributed by atoms with van der Waals surface area (Å²) in [6.45, 7) is 6.46. The number of carboxylic acid groups (broad SMARTS) is 1. The van der Waals surface area contributed by atoms with Crippen LogP contribution in [0.1, 0.15) is 59.7 Å². The van der Waals surface area contributed by atoms with Gasteiger partial charge in [0.25, 0.3) is 0 Å². The number of hydrogen-bond donors (Lipinski definition) is 1. The zero-order chi connectivity index (χ0) is 12.6. The van der Waals surface area contributed by atoms with Crippen molar-refractivity contribution >= 4 is 5.97 Å². The van der Waals surface area contributed by atoms with Crippen LogP contribution in [0.3, 0.4) is 0 Å². The van der Waals surface area contributed by atoms with E-state index in [1.54, 1.807) is 6.07 Å². The molecule has 17 heavy (non-hydrogen) atoms. The maximum absolute atomic E-state index is 11.3. The van der Waals surface area contributed by atoms with Gasteiger partial charge in [0, 0.05) is 0 Å². The largest absolute Gasteiger partial charge is 0.478 e. The summed E-state index contributed by atoms with van der Waals surface area (Å²) in [5.41, 5.74) is 4.16. The second-order valence-corrected chi connectivity index (χ2v) is 5.50. The Kier molecular flexibility index (Phi) is 3.23. The Hall–Kier alpha value is -1.31. The van der Waals surface area contributed by atoms with E-state index >= 15 is 0 Å². The van der Waals surface area contributed by atoms with Gasteiger partial charge in [-0.3, -0.25) is 0 Å². The van der Waals surface area contributed by atoms with Crippen molar-refractivity contribution < 1.29 is 9.90 Å². The highest BCUT2D eigenvalue weighted by atomic mass is 16.4. The molecule has 2 heteroatoms. The molecule has 1 saturated carbocycles. The lowest BCUT2D eigenvalue weighted by atomic mass is 9.88. The van der Waals surface area contributed by atoms with E-state index in [2.05, 4.69) is 20.8 Å². The van der Waals surface area contributed by atoms with E-state index in [0.717, 1.165) is 24.8 Å². The van der Waals surface area contributed by atoms with Gasteiger partial charge in [-0.2, -0.15) is 0 Å². The van der Waals surface area contributed by atoms with Gasteiger partial charge in [0.15, 0.2) is 0 Å². The number of benzene rings is 1. The summed E-state index contributed by atoms with van der Waals surface area (Å²) in [7, 11) is 0. The second kappa shape index (κ2) is 4.52. The van der Waals surface area contributed by atoms with Crippen LogP contribution in [-0.4, -0.2) is 11.1 Å². The molecule has 0 aromatic heterocycles. The molecule has 0 radical (unpaired) electrons. The van der Waals surface area contributed by atoms with Crippen LogP contribution in [0.15, 0.2) is 12.1 Å². The van der Waals surface area contributed by atoms with Gasteiger partial charge in [-0.1, -0.05) is 19.9 Å². The molecule has 0 saturated heterocycles. The van der Waals surface area contributed by atoms with Crippen molar-refractivity contribution in [2.75, 3.05) is 0 Å². The van der Waals surface area contributed by atoms with Crippen LogP contribution in [0.25, 0.3) is 0 Å².